The molecule has 4 nitrogen and oxygen atoms in total. The normalized spacial score (nSPS) is 26.4. The number of amides is 1. The highest BCUT2D eigenvalue weighted by Gasteiger charge is 2.32. The monoisotopic (exact) mass is 279 g/mol. The first kappa shape index (κ1) is 15.1. The molecule has 1 aromatic rings. The summed E-state index contributed by atoms with van der Waals surface area (Å²) in [6.07, 6.45) is 7.53. The van der Waals surface area contributed by atoms with Crippen molar-refractivity contribution in [3.8, 4) is 0 Å². The molecule has 0 bridgehead atoms. The highest BCUT2D eigenvalue weighted by Crippen LogP contribution is 2.33. The molecule has 0 saturated heterocycles. The number of aryl methyl sites for hydroxylation is 1. The number of aliphatic hydroxyl groups is 1. The molecule has 1 aliphatic rings. The molecule has 0 aromatic carbocycles. The third-order valence-corrected chi connectivity index (χ3v) is 4.41. The van der Waals surface area contributed by atoms with Crippen LogP contribution in [0.1, 0.15) is 51.2 Å². The lowest BCUT2D eigenvalue weighted by Gasteiger charge is -2.35. The van der Waals surface area contributed by atoms with Crippen molar-refractivity contribution in [2.24, 2.45) is 5.92 Å². The predicted molar refractivity (Wildman–Crippen MR) is 77.2 cm³/mol. The number of hydrogen-bond donors (Lipinski definition) is 2. The molecule has 0 atom stereocenters. The van der Waals surface area contributed by atoms with Crippen LogP contribution in [-0.2, 0) is 11.2 Å². The van der Waals surface area contributed by atoms with Gasteiger partial charge in [0, 0.05) is 19.4 Å². The Balaban J connectivity index is 1.67. The molecule has 20 heavy (non-hydrogen) atoms. The van der Waals surface area contributed by atoms with E-state index in [4.69, 9.17) is 4.42 Å². The van der Waals surface area contributed by atoms with Gasteiger partial charge >= 0.3 is 0 Å². The molecule has 0 radical (unpaired) electrons. The fourth-order valence-electron chi connectivity index (χ4n) is 2.84. The molecule has 1 fully saturated rings. The Kier molecular flexibility index (Phi) is 5.24. The maximum Gasteiger partial charge on any atom is 0.220 e. The Hall–Kier alpha value is -1.29. The van der Waals surface area contributed by atoms with Crippen LogP contribution in [0.4, 0.5) is 0 Å². The second kappa shape index (κ2) is 6.93. The van der Waals surface area contributed by atoms with Crippen LogP contribution in [0.3, 0.4) is 0 Å². The van der Waals surface area contributed by atoms with Crippen molar-refractivity contribution in [2.75, 3.05) is 6.54 Å². The van der Waals surface area contributed by atoms with Crippen LogP contribution in [0.25, 0.3) is 0 Å². The highest BCUT2D eigenvalue weighted by molar-refractivity contribution is 5.76. The van der Waals surface area contributed by atoms with Crippen molar-refractivity contribution < 1.29 is 14.3 Å². The van der Waals surface area contributed by atoms with Crippen molar-refractivity contribution in [3.63, 3.8) is 0 Å². The van der Waals surface area contributed by atoms with Gasteiger partial charge in [0.25, 0.3) is 0 Å². The molecule has 2 rings (SSSR count). The zero-order valence-corrected chi connectivity index (χ0v) is 12.2. The summed E-state index contributed by atoms with van der Waals surface area (Å²) in [5.74, 6) is 1.54. The molecule has 1 aliphatic carbocycles. The van der Waals surface area contributed by atoms with Crippen molar-refractivity contribution >= 4 is 5.91 Å². The first-order valence-corrected chi connectivity index (χ1v) is 7.63. The van der Waals surface area contributed by atoms with E-state index in [1.807, 2.05) is 12.1 Å². The lowest BCUT2D eigenvalue weighted by Crippen LogP contribution is -2.45. The van der Waals surface area contributed by atoms with Crippen molar-refractivity contribution in [1.29, 1.82) is 0 Å². The molecular weight excluding hydrogens is 254 g/mol. The van der Waals surface area contributed by atoms with Crippen molar-refractivity contribution in [2.45, 2.75) is 57.5 Å². The first-order chi connectivity index (χ1) is 9.61. The zero-order chi connectivity index (χ0) is 14.4. The van der Waals surface area contributed by atoms with Crippen LogP contribution in [-0.4, -0.2) is 23.2 Å². The quantitative estimate of drug-likeness (QED) is 0.841. The molecule has 0 spiro atoms. The van der Waals surface area contributed by atoms with E-state index in [0.29, 0.717) is 19.4 Å². The molecule has 0 unspecified atom stereocenters. The molecule has 2 N–H and O–H groups in total. The summed E-state index contributed by atoms with van der Waals surface area (Å²) in [7, 11) is 0. The summed E-state index contributed by atoms with van der Waals surface area (Å²) >= 11 is 0. The van der Waals surface area contributed by atoms with Gasteiger partial charge in [-0.3, -0.25) is 4.79 Å². The van der Waals surface area contributed by atoms with Gasteiger partial charge in [-0.2, -0.15) is 0 Å². The Bertz CT molecular complexity index is 405. The maximum absolute atomic E-state index is 11.8. The minimum atomic E-state index is -0.702. The molecule has 1 aromatic heterocycles. The van der Waals surface area contributed by atoms with E-state index >= 15 is 0 Å². The van der Waals surface area contributed by atoms with Crippen LogP contribution in [0.15, 0.2) is 22.8 Å². The van der Waals surface area contributed by atoms with E-state index in [9.17, 15) is 9.90 Å². The van der Waals surface area contributed by atoms with Gasteiger partial charge in [0.05, 0.1) is 11.9 Å². The highest BCUT2D eigenvalue weighted by atomic mass is 16.3. The van der Waals surface area contributed by atoms with Gasteiger partial charge in [0.1, 0.15) is 5.76 Å². The van der Waals surface area contributed by atoms with E-state index < -0.39 is 5.60 Å². The average Bonchev–Trinajstić information content (AvgIpc) is 2.97. The summed E-state index contributed by atoms with van der Waals surface area (Å²) < 4.78 is 5.19. The third kappa shape index (κ3) is 4.37. The fraction of sp³-hybridized carbons (Fsp3) is 0.688. The second-order valence-corrected chi connectivity index (χ2v) is 5.93. The topological polar surface area (TPSA) is 62.5 Å². The number of nitrogens with one attached hydrogen (secondary N) is 1. The summed E-state index contributed by atoms with van der Waals surface area (Å²) in [6, 6.07) is 3.69. The smallest absolute Gasteiger partial charge is 0.220 e. The summed E-state index contributed by atoms with van der Waals surface area (Å²) in [5.41, 5.74) is -0.702. The van der Waals surface area contributed by atoms with Gasteiger partial charge in [-0.1, -0.05) is 13.3 Å². The minimum Gasteiger partial charge on any atom is -0.469 e. The summed E-state index contributed by atoms with van der Waals surface area (Å²) in [5, 5.41) is 13.3. The molecule has 112 valence electrons. The number of hydrogen-bond acceptors (Lipinski definition) is 3. The zero-order valence-electron chi connectivity index (χ0n) is 12.2. The van der Waals surface area contributed by atoms with Crippen LogP contribution < -0.4 is 5.32 Å². The van der Waals surface area contributed by atoms with Gasteiger partial charge in [0.2, 0.25) is 5.91 Å². The van der Waals surface area contributed by atoms with Gasteiger partial charge in [0.15, 0.2) is 0 Å². The number of carbonyl (C=O) groups excluding carboxylic acids is 1. The molecule has 1 saturated carbocycles. The maximum atomic E-state index is 11.8. The summed E-state index contributed by atoms with van der Waals surface area (Å²) in [6.45, 7) is 2.58. The number of furan rings is 1. The predicted octanol–water partition coefficient (Wildman–Crippen LogP) is 2.66. The van der Waals surface area contributed by atoms with Gasteiger partial charge < -0.3 is 14.8 Å². The van der Waals surface area contributed by atoms with Gasteiger partial charge in [-0.15, -0.1) is 0 Å². The largest absolute Gasteiger partial charge is 0.469 e. The van der Waals surface area contributed by atoms with Gasteiger partial charge in [-0.25, -0.2) is 0 Å². The van der Waals surface area contributed by atoms with E-state index in [-0.39, 0.29) is 5.91 Å². The van der Waals surface area contributed by atoms with Crippen molar-refractivity contribution in [1.82, 2.24) is 5.32 Å². The SMILES string of the molecule is CCC1CCC(O)(CNC(=O)CCc2ccco2)CC1. The third-order valence-electron chi connectivity index (χ3n) is 4.41. The van der Waals surface area contributed by atoms with Crippen molar-refractivity contribution in [3.05, 3.63) is 24.2 Å². The van der Waals surface area contributed by atoms with E-state index in [2.05, 4.69) is 12.2 Å². The van der Waals surface area contributed by atoms with Crippen LogP contribution in [0, 0.1) is 5.92 Å². The van der Waals surface area contributed by atoms with Crippen LogP contribution in [0.2, 0.25) is 0 Å². The fourth-order valence-corrected chi connectivity index (χ4v) is 2.84. The lowest BCUT2D eigenvalue weighted by molar-refractivity contribution is -0.122. The molecule has 1 amide bonds. The van der Waals surface area contributed by atoms with Gasteiger partial charge in [-0.05, 0) is 43.7 Å². The molecule has 1 heterocycles. The number of carbonyl (C=O) groups is 1. The average molecular weight is 279 g/mol. The molecular formula is C16H25NO3. The van der Waals surface area contributed by atoms with E-state index in [0.717, 1.165) is 37.4 Å². The van der Waals surface area contributed by atoms with E-state index in [1.165, 1.54) is 6.42 Å². The second-order valence-electron chi connectivity index (χ2n) is 5.93. The molecule has 0 aliphatic heterocycles. The van der Waals surface area contributed by atoms with Crippen LogP contribution >= 0.6 is 0 Å². The lowest BCUT2D eigenvalue weighted by atomic mass is 9.78. The Labute approximate surface area is 120 Å². The van der Waals surface area contributed by atoms with Crippen LogP contribution in [0.5, 0.6) is 0 Å². The van der Waals surface area contributed by atoms with E-state index in [1.54, 1.807) is 6.26 Å². The summed E-state index contributed by atoms with van der Waals surface area (Å²) in [4.78, 5) is 11.8. The minimum absolute atomic E-state index is 0.0209. The Morgan fingerprint density at radius 3 is 2.85 bits per heavy atom. The standard InChI is InChI=1S/C16H25NO3/c1-2-13-7-9-16(19,10-8-13)12-17-15(18)6-5-14-4-3-11-20-14/h3-4,11,13,19H,2,5-10,12H2,1H3,(H,17,18). The Morgan fingerprint density at radius 1 is 1.50 bits per heavy atom. The number of rotatable bonds is 6. The first-order valence-electron chi connectivity index (χ1n) is 7.63. The molecule has 4 heteroatoms. The Morgan fingerprint density at radius 2 is 2.25 bits per heavy atom.